The second kappa shape index (κ2) is 10.2. The minimum Gasteiger partial charge on any atom is -0.490 e. The van der Waals surface area contributed by atoms with Crippen LogP contribution in [0.25, 0.3) is 0 Å². The zero-order chi connectivity index (χ0) is 29.5. The van der Waals surface area contributed by atoms with E-state index in [1.807, 2.05) is 0 Å². The summed E-state index contributed by atoms with van der Waals surface area (Å²) in [5.41, 5.74) is -0.509. The molecule has 0 bridgehead atoms. The van der Waals surface area contributed by atoms with Crippen molar-refractivity contribution in [3.63, 3.8) is 0 Å². The van der Waals surface area contributed by atoms with Crippen LogP contribution in [0.15, 0.2) is 24.3 Å². The summed E-state index contributed by atoms with van der Waals surface area (Å²) in [6.45, 7) is 3.08. The molecule has 2 atom stereocenters. The third kappa shape index (κ3) is 5.41. The summed E-state index contributed by atoms with van der Waals surface area (Å²) >= 11 is 0. The maximum absolute atomic E-state index is 14.4. The maximum atomic E-state index is 14.4. The van der Waals surface area contributed by atoms with E-state index in [1.165, 1.54) is 13.0 Å². The van der Waals surface area contributed by atoms with Crippen molar-refractivity contribution in [2.24, 2.45) is 0 Å². The highest BCUT2D eigenvalue weighted by molar-refractivity contribution is 5.36. The van der Waals surface area contributed by atoms with Gasteiger partial charge in [-0.2, -0.15) is 65.9 Å². The Morgan fingerprint density at radius 1 is 0.676 bits per heavy atom. The molecule has 1 rings (SSSR count). The zero-order valence-electron chi connectivity index (χ0n) is 18.9. The predicted octanol–water partition coefficient (Wildman–Crippen LogP) is 8.32. The quantitative estimate of drug-likeness (QED) is 0.233. The molecule has 0 aliphatic heterocycles. The monoisotopic (exact) mass is 576 g/mol. The SMILES string of the molecule is CCC(C)Oc1ccccc1C(CC(F)(F)C(F)(F)C(F)(F)C(F)(F)C(F)(F)C(F)(F)C(F)(F)F)OC. The zero-order valence-corrected chi connectivity index (χ0v) is 18.9. The Bertz CT molecular complexity index is 911. The van der Waals surface area contributed by atoms with E-state index in [0.717, 1.165) is 18.2 Å². The van der Waals surface area contributed by atoms with Crippen LogP contribution in [0, 0.1) is 0 Å². The molecule has 0 saturated carbocycles. The van der Waals surface area contributed by atoms with Crippen LogP contribution in [-0.4, -0.2) is 54.9 Å². The highest BCUT2D eigenvalue weighted by Crippen LogP contribution is 2.63. The molecule has 1 aromatic rings. The number of hydrogen-bond acceptors (Lipinski definition) is 2. The molecule has 0 fully saturated rings. The highest BCUT2D eigenvalue weighted by atomic mass is 19.4. The first-order valence-corrected chi connectivity index (χ1v) is 9.99. The van der Waals surface area contributed by atoms with E-state index in [1.54, 1.807) is 6.92 Å². The van der Waals surface area contributed by atoms with Gasteiger partial charge in [-0.15, -0.1) is 0 Å². The summed E-state index contributed by atoms with van der Waals surface area (Å²) in [5, 5.41) is 0. The van der Waals surface area contributed by atoms with E-state index in [9.17, 15) is 65.9 Å². The Balaban J connectivity index is 3.53. The van der Waals surface area contributed by atoms with Crippen LogP contribution in [0.3, 0.4) is 0 Å². The lowest BCUT2D eigenvalue weighted by molar-refractivity contribution is -0.453. The number of rotatable bonds is 12. The number of hydrogen-bond donors (Lipinski definition) is 0. The molecule has 0 heterocycles. The Hall–Kier alpha value is -2.07. The minimum absolute atomic E-state index is 0.309. The van der Waals surface area contributed by atoms with Crippen molar-refractivity contribution in [3.05, 3.63) is 29.8 Å². The van der Waals surface area contributed by atoms with Crippen LogP contribution in [0.1, 0.15) is 38.4 Å². The predicted molar refractivity (Wildman–Crippen MR) is 96.9 cm³/mol. The lowest BCUT2D eigenvalue weighted by Gasteiger charge is -2.42. The molecule has 2 nitrogen and oxygen atoms in total. The van der Waals surface area contributed by atoms with Crippen molar-refractivity contribution in [3.8, 4) is 5.75 Å². The fourth-order valence-electron chi connectivity index (χ4n) is 2.83. The number of para-hydroxylation sites is 1. The Labute approximate surface area is 199 Å². The normalized spacial score (nSPS) is 16.5. The molecule has 1 aromatic carbocycles. The van der Waals surface area contributed by atoms with Crippen molar-refractivity contribution < 1.29 is 75.3 Å². The van der Waals surface area contributed by atoms with Gasteiger partial charge in [0.25, 0.3) is 0 Å². The molecule has 2 unspecified atom stereocenters. The van der Waals surface area contributed by atoms with Crippen molar-refractivity contribution in [2.75, 3.05) is 7.11 Å². The Kier molecular flexibility index (Phi) is 9.13. The third-order valence-electron chi connectivity index (χ3n) is 5.29. The fourth-order valence-corrected chi connectivity index (χ4v) is 2.83. The molecule has 0 spiro atoms. The molecule has 216 valence electrons. The molecule has 0 aliphatic carbocycles. The van der Waals surface area contributed by atoms with Crippen LogP contribution in [0.5, 0.6) is 5.75 Å². The van der Waals surface area contributed by atoms with Gasteiger partial charge in [-0.3, -0.25) is 0 Å². The molecule has 37 heavy (non-hydrogen) atoms. The first-order valence-electron chi connectivity index (χ1n) is 9.99. The first kappa shape index (κ1) is 33.0. The summed E-state index contributed by atoms with van der Waals surface area (Å²) < 4.78 is 211. The van der Waals surface area contributed by atoms with Gasteiger partial charge in [0.05, 0.1) is 12.2 Å². The number of halogens is 15. The van der Waals surface area contributed by atoms with Crippen molar-refractivity contribution in [1.82, 2.24) is 0 Å². The molecule has 17 heteroatoms. The number of methoxy groups -OCH3 is 1. The molecule has 0 saturated heterocycles. The molecule has 0 amide bonds. The van der Waals surface area contributed by atoms with Gasteiger partial charge < -0.3 is 9.47 Å². The van der Waals surface area contributed by atoms with E-state index >= 15 is 0 Å². The van der Waals surface area contributed by atoms with E-state index in [-0.39, 0.29) is 5.75 Å². The summed E-state index contributed by atoms with van der Waals surface area (Å²) in [6.07, 6.45) is -12.9. The van der Waals surface area contributed by atoms with Crippen LogP contribution in [0.4, 0.5) is 65.9 Å². The van der Waals surface area contributed by atoms with Gasteiger partial charge in [-0.05, 0) is 19.4 Å². The first-order chi connectivity index (χ1) is 16.4. The van der Waals surface area contributed by atoms with Gasteiger partial charge in [-0.1, -0.05) is 25.1 Å². The lowest BCUT2D eigenvalue weighted by Crippen LogP contribution is -2.72. The molecule has 0 aliphatic rings. The molecular formula is C20H19F15O2. The summed E-state index contributed by atoms with van der Waals surface area (Å²) in [7, 11) is 0.587. The Morgan fingerprint density at radius 2 is 1.11 bits per heavy atom. The summed E-state index contributed by atoms with van der Waals surface area (Å²) in [6, 6.07) is 4.40. The van der Waals surface area contributed by atoms with Crippen LogP contribution in [-0.2, 0) is 4.74 Å². The molecule has 0 N–H and O–H groups in total. The smallest absolute Gasteiger partial charge is 0.460 e. The van der Waals surface area contributed by atoms with Crippen molar-refractivity contribution in [2.45, 2.75) is 80.6 Å². The number of alkyl halides is 15. The van der Waals surface area contributed by atoms with Gasteiger partial charge in [0, 0.05) is 19.1 Å². The number of ether oxygens (including phenoxy) is 2. The van der Waals surface area contributed by atoms with Crippen molar-refractivity contribution in [1.29, 1.82) is 0 Å². The largest absolute Gasteiger partial charge is 0.490 e. The highest BCUT2D eigenvalue weighted by Gasteiger charge is 2.93. The fraction of sp³-hybridized carbons (Fsp3) is 0.700. The van der Waals surface area contributed by atoms with Crippen LogP contribution in [0.2, 0.25) is 0 Å². The van der Waals surface area contributed by atoms with Crippen LogP contribution >= 0.6 is 0 Å². The van der Waals surface area contributed by atoms with E-state index in [2.05, 4.69) is 4.74 Å². The molecule has 0 aromatic heterocycles. The summed E-state index contributed by atoms with van der Waals surface area (Å²) in [4.78, 5) is 0. The second-order valence-corrected chi connectivity index (χ2v) is 7.88. The van der Waals surface area contributed by atoms with Crippen LogP contribution < -0.4 is 4.74 Å². The minimum atomic E-state index is -8.33. The van der Waals surface area contributed by atoms with Gasteiger partial charge >= 0.3 is 41.7 Å². The second-order valence-electron chi connectivity index (χ2n) is 7.88. The molecular weight excluding hydrogens is 557 g/mol. The standard InChI is InChI=1S/C20H19F15O2/c1-4-10(2)37-12-8-6-5-7-11(12)13(36-3)9-14(21,22)15(23,24)16(25,26)17(27,28)18(29,30)19(31,32)20(33,34)35/h5-8,10,13H,4,9H2,1-3H3. The topological polar surface area (TPSA) is 18.5 Å². The number of benzene rings is 1. The van der Waals surface area contributed by atoms with E-state index in [0.29, 0.717) is 13.5 Å². The van der Waals surface area contributed by atoms with E-state index < -0.39 is 65.9 Å². The van der Waals surface area contributed by atoms with Gasteiger partial charge in [-0.25, -0.2) is 0 Å². The van der Waals surface area contributed by atoms with Crippen molar-refractivity contribution >= 4 is 0 Å². The van der Waals surface area contributed by atoms with E-state index in [4.69, 9.17) is 4.74 Å². The maximum Gasteiger partial charge on any atom is 0.460 e. The van der Waals surface area contributed by atoms with Gasteiger partial charge in [0.1, 0.15) is 5.75 Å². The Morgan fingerprint density at radius 3 is 1.54 bits per heavy atom. The third-order valence-corrected chi connectivity index (χ3v) is 5.29. The lowest BCUT2D eigenvalue weighted by atomic mass is 9.88. The summed E-state index contributed by atoms with van der Waals surface area (Å²) in [5.74, 6) is -47.1. The van der Waals surface area contributed by atoms with Gasteiger partial charge in [0.2, 0.25) is 0 Å². The average molecular weight is 576 g/mol. The van der Waals surface area contributed by atoms with Gasteiger partial charge in [0.15, 0.2) is 0 Å². The average Bonchev–Trinajstić information content (AvgIpc) is 2.76. The molecule has 0 radical (unpaired) electrons.